The van der Waals surface area contributed by atoms with Crippen molar-refractivity contribution in [2.45, 2.75) is 32.2 Å². The van der Waals surface area contributed by atoms with Crippen LogP contribution in [0.2, 0.25) is 0 Å². The molecule has 2 aromatic carbocycles. The van der Waals surface area contributed by atoms with Crippen molar-refractivity contribution in [2.75, 3.05) is 6.61 Å². The van der Waals surface area contributed by atoms with E-state index in [1.54, 1.807) is 24.5 Å². The van der Waals surface area contributed by atoms with Crippen LogP contribution in [-0.2, 0) is 5.41 Å². The molecule has 1 unspecified atom stereocenters. The third-order valence-electron chi connectivity index (χ3n) is 4.83. The van der Waals surface area contributed by atoms with E-state index in [0.29, 0.717) is 5.56 Å². The summed E-state index contributed by atoms with van der Waals surface area (Å²) < 4.78 is 0. The Kier molecular flexibility index (Phi) is 5.90. The fourth-order valence-electron chi connectivity index (χ4n) is 3.05. The van der Waals surface area contributed by atoms with Crippen molar-refractivity contribution in [3.8, 4) is 11.1 Å². The van der Waals surface area contributed by atoms with Crippen molar-refractivity contribution in [3.05, 3.63) is 89.7 Å². The molecule has 28 heavy (non-hydrogen) atoms. The molecule has 0 aliphatic rings. The molecular formula is C24H26N2O2. The van der Waals surface area contributed by atoms with Crippen molar-refractivity contribution >= 4 is 5.91 Å². The van der Waals surface area contributed by atoms with Gasteiger partial charge in [-0.15, -0.1) is 0 Å². The Morgan fingerprint density at radius 2 is 1.50 bits per heavy atom. The summed E-state index contributed by atoms with van der Waals surface area (Å²) >= 11 is 0. The average Bonchev–Trinajstić information content (AvgIpc) is 2.72. The summed E-state index contributed by atoms with van der Waals surface area (Å²) in [5, 5.41) is 12.7. The van der Waals surface area contributed by atoms with Gasteiger partial charge in [-0.2, -0.15) is 0 Å². The van der Waals surface area contributed by atoms with Gasteiger partial charge >= 0.3 is 0 Å². The smallest absolute Gasteiger partial charge is 0.251 e. The van der Waals surface area contributed by atoms with Crippen LogP contribution in [0.25, 0.3) is 11.1 Å². The zero-order valence-corrected chi connectivity index (χ0v) is 16.5. The lowest BCUT2D eigenvalue weighted by molar-refractivity contribution is 0.0916. The summed E-state index contributed by atoms with van der Waals surface area (Å²) in [7, 11) is 0. The van der Waals surface area contributed by atoms with Crippen molar-refractivity contribution in [1.82, 2.24) is 10.3 Å². The molecule has 0 radical (unpaired) electrons. The van der Waals surface area contributed by atoms with Gasteiger partial charge in [0, 0.05) is 18.0 Å². The molecule has 0 saturated carbocycles. The molecule has 1 amide bonds. The highest BCUT2D eigenvalue weighted by molar-refractivity contribution is 5.95. The van der Waals surface area contributed by atoms with Crippen LogP contribution in [0.5, 0.6) is 0 Å². The Labute approximate surface area is 166 Å². The number of aliphatic hydroxyl groups is 1. The molecule has 0 saturated heterocycles. The topological polar surface area (TPSA) is 62.2 Å². The normalized spacial score (nSPS) is 12.4. The number of aromatic nitrogens is 1. The third-order valence-corrected chi connectivity index (χ3v) is 4.83. The maximum atomic E-state index is 12.6. The van der Waals surface area contributed by atoms with Gasteiger partial charge in [-0.25, -0.2) is 0 Å². The second-order valence-corrected chi connectivity index (χ2v) is 7.89. The fraction of sp³-hybridized carbons (Fsp3) is 0.250. The van der Waals surface area contributed by atoms with Crippen LogP contribution in [0.4, 0.5) is 0 Å². The molecule has 0 spiro atoms. The van der Waals surface area contributed by atoms with E-state index in [1.165, 1.54) is 5.56 Å². The number of aliphatic hydroxyl groups excluding tert-OH is 1. The summed E-state index contributed by atoms with van der Waals surface area (Å²) in [5.41, 5.74) is 4.79. The number of rotatable bonds is 5. The molecule has 0 fully saturated rings. The maximum Gasteiger partial charge on any atom is 0.251 e. The first-order chi connectivity index (χ1) is 13.4. The van der Waals surface area contributed by atoms with E-state index < -0.39 is 6.04 Å². The second-order valence-electron chi connectivity index (χ2n) is 7.89. The van der Waals surface area contributed by atoms with Crippen LogP contribution in [0.15, 0.2) is 73.1 Å². The Hall–Kier alpha value is -2.98. The first-order valence-corrected chi connectivity index (χ1v) is 9.41. The van der Waals surface area contributed by atoms with E-state index in [0.717, 1.165) is 16.7 Å². The first-order valence-electron chi connectivity index (χ1n) is 9.41. The molecule has 3 rings (SSSR count). The van der Waals surface area contributed by atoms with Crippen LogP contribution in [0, 0.1) is 0 Å². The van der Waals surface area contributed by atoms with Gasteiger partial charge in [-0.1, -0.05) is 57.2 Å². The van der Waals surface area contributed by atoms with Gasteiger partial charge in [-0.05, 0) is 51.9 Å². The van der Waals surface area contributed by atoms with E-state index in [-0.39, 0.29) is 17.9 Å². The van der Waals surface area contributed by atoms with Crippen LogP contribution < -0.4 is 5.32 Å². The predicted molar refractivity (Wildman–Crippen MR) is 112 cm³/mol. The second kappa shape index (κ2) is 8.36. The summed E-state index contributed by atoms with van der Waals surface area (Å²) in [4.78, 5) is 16.6. The number of hydrogen-bond donors (Lipinski definition) is 2. The Bertz CT molecular complexity index is 912. The fourth-order valence-corrected chi connectivity index (χ4v) is 3.05. The zero-order valence-electron chi connectivity index (χ0n) is 16.5. The van der Waals surface area contributed by atoms with E-state index in [1.807, 2.05) is 48.5 Å². The number of nitrogens with zero attached hydrogens (tertiary/aromatic N) is 1. The summed E-state index contributed by atoms with van der Waals surface area (Å²) in [6, 6.07) is 18.9. The molecule has 4 nitrogen and oxygen atoms in total. The lowest BCUT2D eigenvalue weighted by Gasteiger charge is -2.21. The Morgan fingerprint density at radius 1 is 0.929 bits per heavy atom. The maximum absolute atomic E-state index is 12.6. The molecular weight excluding hydrogens is 348 g/mol. The van der Waals surface area contributed by atoms with E-state index >= 15 is 0 Å². The quantitative estimate of drug-likeness (QED) is 0.691. The lowest BCUT2D eigenvalue weighted by Crippen LogP contribution is -2.30. The minimum Gasteiger partial charge on any atom is -0.394 e. The minimum absolute atomic E-state index is 0.0626. The number of nitrogens with one attached hydrogen (secondary N) is 1. The minimum atomic E-state index is -0.443. The number of carbonyl (C=O) groups is 1. The van der Waals surface area contributed by atoms with Gasteiger partial charge < -0.3 is 10.4 Å². The van der Waals surface area contributed by atoms with Crippen LogP contribution in [0.3, 0.4) is 0 Å². The van der Waals surface area contributed by atoms with Crippen molar-refractivity contribution in [2.24, 2.45) is 0 Å². The van der Waals surface area contributed by atoms with Crippen molar-refractivity contribution in [1.29, 1.82) is 0 Å². The summed E-state index contributed by atoms with van der Waals surface area (Å²) in [5.74, 6) is -0.208. The Balaban J connectivity index is 1.72. The van der Waals surface area contributed by atoms with Gasteiger partial charge in [0.25, 0.3) is 5.91 Å². The van der Waals surface area contributed by atoms with E-state index in [2.05, 4.69) is 31.1 Å². The number of carbonyl (C=O) groups excluding carboxylic acids is 1. The van der Waals surface area contributed by atoms with E-state index in [9.17, 15) is 9.90 Å². The molecule has 0 aliphatic carbocycles. The van der Waals surface area contributed by atoms with Gasteiger partial charge in [-0.3, -0.25) is 9.78 Å². The molecule has 4 heteroatoms. The van der Waals surface area contributed by atoms with Crippen LogP contribution in [-0.4, -0.2) is 22.6 Å². The number of pyridine rings is 1. The third kappa shape index (κ3) is 4.65. The highest BCUT2D eigenvalue weighted by Crippen LogP contribution is 2.24. The standard InChI is InChI=1S/C24H26N2O2/c1-24(2,3)21-10-8-19(9-11-21)22(16-27)26-23(28)20-6-4-17(5-7-20)18-12-14-25-15-13-18/h4-15,22,27H,16H2,1-3H3,(H,26,28). The highest BCUT2D eigenvalue weighted by atomic mass is 16.3. The molecule has 1 atom stereocenters. The van der Waals surface area contributed by atoms with Crippen molar-refractivity contribution in [3.63, 3.8) is 0 Å². The lowest BCUT2D eigenvalue weighted by atomic mass is 9.86. The van der Waals surface area contributed by atoms with Gasteiger partial charge in [0.15, 0.2) is 0 Å². The first kappa shape index (κ1) is 19.8. The van der Waals surface area contributed by atoms with Crippen LogP contribution >= 0.6 is 0 Å². The highest BCUT2D eigenvalue weighted by Gasteiger charge is 2.17. The number of hydrogen-bond acceptors (Lipinski definition) is 3. The molecule has 2 N–H and O–H groups in total. The zero-order chi connectivity index (χ0) is 20.1. The van der Waals surface area contributed by atoms with E-state index in [4.69, 9.17) is 0 Å². The predicted octanol–water partition coefficient (Wildman–Crippen LogP) is 4.51. The number of benzene rings is 2. The van der Waals surface area contributed by atoms with Crippen LogP contribution in [0.1, 0.15) is 48.3 Å². The van der Waals surface area contributed by atoms with Crippen molar-refractivity contribution < 1.29 is 9.90 Å². The molecule has 3 aromatic rings. The molecule has 1 aromatic heterocycles. The summed E-state index contributed by atoms with van der Waals surface area (Å²) in [6.45, 7) is 6.31. The molecule has 0 aliphatic heterocycles. The van der Waals surface area contributed by atoms with Gasteiger partial charge in [0.2, 0.25) is 0 Å². The number of amides is 1. The molecule has 144 valence electrons. The largest absolute Gasteiger partial charge is 0.394 e. The van der Waals surface area contributed by atoms with Gasteiger partial charge in [0.05, 0.1) is 12.6 Å². The molecule has 0 bridgehead atoms. The summed E-state index contributed by atoms with van der Waals surface area (Å²) in [6.07, 6.45) is 3.49. The van der Waals surface area contributed by atoms with Gasteiger partial charge in [0.1, 0.15) is 0 Å². The Morgan fingerprint density at radius 3 is 2.04 bits per heavy atom. The average molecular weight is 374 g/mol. The SMILES string of the molecule is CC(C)(C)c1ccc(C(CO)NC(=O)c2ccc(-c3ccncc3)cc2)cc1. The monoisotopic (exact) mass is 374 g/mol. The molecule has 1 heterocycles.